The molecular weight excluding hydrogens is 356 g/mol. The van der Waals surface area contributed by atoms with Crippen molar-refractivity contribution in [2.75, 3.05) is 5.32 Å². The highest BCUT2D eigenvalue weighted by Gasteiger charge is 2.12. The van der Waals surface area contributed by atoms with Crippen LogP contribution in [0, 0.1) is 6.92 Å². The van der Waals surface area contributed by atoms with Gasteiger partial charge in [-0.3, -0.25) is 14.9 Å². The molecule has 0 aliphatic carbocycles. The van der Waals surface area contributed by atoms with Gasteiger partial charge in [0.1, 0.15) is 5.69 Å². The van der Waals surface area contributed by atoms with E-state index >= 15 is 0 Å². The Morgan fingerprint density at radius 3 is 2.76 bits per heavy atom. The normalized spacial score (nSPS) is 10.5. The Labute approximate surface area is 153 Å². The van der Waals surface area contributed by atoms with E-state index in [9.17, 15) is 9.59 Å². The van der Waals surface area contributed by atoms with Crippen LogP contribution in [0.4, 0.5) is 5.13 Å². The summed E-state index contributed by atoms with van der Waals surface area (Å²) in [6.07, 6.45) is 0. The first-order valence-corrected chi connectivity index (χ1v) is 9.25. The molecule has 3 aromatic heterocycles. The van der Waals surface area contributed by atoms with Crippen LogP contribution < -0.4 is 10.6 Å². The van der Waals surface area contributed by atoms with Crippen LogP contribution in [0.1, 0.15) is 28.0 Å². The van der Waals surface area contributed by atoms with Gasteiger partial charge in [0.05, 0.1) is 17.1 Å². The second-order valence-corrected chi connectivity index (χ2v) is 7.36. The van der Waals surface area contributed by atoms with Gasteiger partial charge in [-0.15, -0.1) is 22.7 Å². The highest BCUT2D eigenvalue weighted by molar-refractivity contribution is 7.17. The molecule has 2 N–H and O–H groups in total. The van der Waals surface area contributed by atoms with E-state index in [1.54, 1.807) is 23.5 Å². The molecule has 8 heteroatoms. The maximum atomic E-state index is 12.2. The third kappa shape index (κ3) is 4.49. The first-order chi connectivity index (χ1) is 12.0. The Morgan fingerprint density at radius 1 is 1.16 bits per heavy atom. The van der Waals surface area contributed by atoms with Crippen molar-refractivity contribution in [3.05, 3.63) is 52.0 Å². The van der Waals surface area contributed by atoms with Crippen molar-refractivity contribution in [2.45, 2.75) is 20.4 Å². The fourth-order valence-electron chi connectivity index (χ4n) is 2.10. The highest BCUT2D eigenvalue weighted by Crippen LogP contribution is 2.30. The standard InChI is InChI=1S/C17H16N4O2S2/c1-10-4-3-5-13(19-10)16(23)21-17-20-14(9-24-17)15-7-6-12(25-15)8-18-11(2)22/h3-7,9H,8H2,1-2H3,(H,18,22)(H,20,21,23). The summed E-state index contributed by atoms with van der Waals surface area (Å²) in [6, 6.07) is 9.24. The number of aryl methyl sites for hydroxylation is 1. The molecule has 2 amide bonds. The summed E-state index contributed by atoms with van der Waals surface area (Å²) in [7, 11) is 0. The van der Waals surface area contributed by atoms with Crippen LogP contribution in [-0.2, 0) is 11.3 Å². The predicted molar refractivity (Wildman–Crippen MR) is 99.9 cm³/mol. The number of thiazole rings is 1. The van der Waals surface area contributed by atoms with Gasteiger partial charge in [0.15, 0.2) is 5.13 Å². The van der Waals surface area contributed by atoms with Gasteiger partial charge in [0.2, 0.25) is 5.91 Å². The molecule has 0 saturated carbocycles. The predicted octanol–water partition coefficient (Wildman–Crippen LogP) is 3.46. The Hall–Kier alpha value is -2.58. The number of rotatable bonds is 5. The van der Waals surface area contributed by atoms with Crippen molar-refractivity contribution in [1.29, 1.82) is 0 Å². The molecule has 0 spiro atoms. The van der Waals surface area contributed by atoms with Crippen LogP contribution in [0.5, 0.6) is 0 Å². The topological polar surface area (TPSA) is 84.0 Å². The van der Waals surface area contributed by atoms with Crippen LogP contribution in [0.3, 0.4) is 0 Å². The number of aromatic nitrogens is 2. The van der Waals surface area contributed by atoms with Crippen molar-refractivity contribution in [2.24, 2.45) is 0 Å². The molecule has 0 aliphatic heterocycles. The molecule has 128 valence electrons. The van der Waals surface area contributed by atoms with E-state index in [0.29, 0.717) is 17.4 Å². The summed E-state index contributed by atoms with van der Waals surface area (Å²) < 4.78 is 0. The summed E-state index contributed by atoms with van der Waals surface area (Å²) >= 11 is 2.93. The number of carbonyl (C=O) groups is 2. The lowest BCUT2D eigenvalue weighted by Crippen LogP contribution is -2.17. The van der Waals surface area contributed by atoms with Gasteiger partial charge in [-0.1, -0.05) is 6.07 Å². The van der Waals surface area contributed by atoms with Gasteiger partial charge < -0.3 is 5.32 Å². The molecule has 0 fully saturated rings. The Morgan fingerprint density at radius 2 is 2.00 bits per heavy atom. The van der Waals surface area contributed by atoms with Crippen molar-refractivity contribution in [3.63, 3.8) is 0 Å². The van der Waals surface area contributed by atoms with E-state index in [-0.39, 0.29) is 11.8 Å². The number of hydrogen-bond donors (Lipinski definition) is 2. The zero-order valence-corrected chi connectivity index (χ0v) is 15.3. The molecule has 0 radical (unpaired) electrons. The second kappa shape index (κ2) is 7.54. The highest BCUT2D eigenvalue weighted by atomic mass is 32.1. The number of nitrogens with zero attached hydrogens (tertiary/aromatic N) is 2. The average Bonchev–Trinajstić information content (AvgIpc) is 3.22. The van der Waals surface area contributed by atoms with Crippen molar-refractivity contribution in [1.82, 2.24) is 15.3 Å². The smallest absolute Gasteiger partial charge is 0.276 e. The number of nitrogens with one attached hydrogen (secondary N) is 2. The quantitative estimate of drug-likeness (QED) is 0.718. The lowest BCUT2D eigenvalue weighted by atomic mass is 10.3. The molecular formula is C17H16N4O2S2. The third-order valence-electron chi connectivity index (χ3n) is 3.27. The monoisotopic (exact) mass is 372 g/mol. The van der Waals surface area contributed by atoms with Crippen LogP contribution in [-0.4, -0.2) is 21.8 Å². The maximum Gasteiger partial charge on any atom is 0.276 e. The largest absolute Gasteiger partial charge is 0.351 e. The molecule has 3 aromatic rings. The minimum atomic E-state index is -0.276. The van der Waals surface area contributed by atoms with Gasteiger partial charge in [-0.05, 0) is 31.2 Å². The van der Waals surface area contributed by atoms with Crippen molar-refractivity contribution < 1.29 is 9.59 Å². The average molecular weight is 372 g/mol. The number of hydrogen-bond acceptors (Lipinski definition) is 6. The summed E-state index contributed by atoms with van der Waals surface area (Å²) in [6.45, 7) is 3.84. The molecule has 0 atom stereocenters. The summed E-state index contributed by atoms with van der Waals surface area (Å²) in [5.74, 6) is -0.333. The van der Waals surface area contributed by atoms with E-state index in [2.05, 4.69) is 20.6 Å². The lowest BCUT2D eigenvalue weighted by molar-refractivity contribution is -0.119. The molecule has 0 aromatic carbocycles. The van der Waals surface area contributed by atoms with Gasteiger partial charge in [-0.25, -0.2) is 9.97 Å². The minimum absolute atomic E-state index is 0.0571. The molecule has 0 bridgehead atoms. The molecule has 0 saturated heterocycles. The molecule has 3 heterocycles. The van der Waals surface area contributed by atoms with E-state index in [4.69, 9.17) is 0 Å². The minimum Gasteiger partial charge on any atom is -0.351 e. The van der Waals surface area contributed by atoms with E-state index in [1.807, 2.05) is 30.5 Å². The summed E-state index contributed by atoms with van der Waals surface area (Å²) in [5, 5.41) is 7.97. The zero-order chi connectivity index (χ0) is 17.8. The van der Waals surface area contributed by atoms with Gasteiger partial charge in [-0.2, -0.15) is 0 Å². The SMILES string of the molecule is CC(=O)NCc1ccc(-c2csc(NC(=O)c3cccc(C)n3)n2)s1. The number of pyridine rings is 1. The fourth-order valence-corrected chi connectivity index (χ4v) is 3.79. The van der Waals surface area contributed by atoms with E-state index in [0.717, 1.165) is 21.1 Å². The second-order valence-electron chi connectivity index (χ2n) is 5.33. The van der Waals surface area contributed by atoms with Gasteiger partial charge in [0, 0.05) is 22.9 Å². The molecule has 0 unspecified atom stereocenters. The molecule has 0 aliphatic rings. The van der Waals surface area contributed by atoms with Crippen molar-refractivity contribution in [3.8, 4) is 10.6 Å². The first-order valence-electron chi connectivity index (χ1n) is 7.55. The number of thiophene rings is 1. The lowest BCUT2D eigenvalue weighted by Gasteiger charge is -2.01. The van der Waals surface area contributed by atoms with E-state index < -0.39 is 0 Å². The molecule has 25 heavy (non-hydrogen) atoms. The number of carbonyl (C=O) groups excluding carboxylic acids is 2. The Bertz CT molecular complexity index is 917. The van der Waals surface area contributed by atoms with E-state index in [1.165, 1.54) is 18.3 Å². The van der Waals surface area contributed by atoms with Gasteiger partial charge >= 0.3 is 0 Å². The number of anilines is 1. The van der Waals surface area contributed by atoms with Crippen molar-refractivity contribution >= 4 is 39.6 Å². The summed E-state index contributed by atoms with van der Waals surface area (Å²) in [5.41, 5.74) is 1.96. The van der Waals surface area contributed by atoms with Gasteiger partial charge in [0.25, 0.3) is 5.91 Å². The molecule has 3 rings (SSSR count). The van der Waals surface area contributed by atoms with Crippen LogP contribution in [0.2, 0.25) is 0 Å². The maximum absolute atomic E-state index is 12.2. The van der Waals surface area contributed by atoms with Crippen LogP contribution >= 0.6 is 22.7 Å². The molecule has 6 nitrogen and oxygen atoms in total. The summed E-state index contributed by atoms with van der Waals surface area (Å²) in [4.78, 5) is 33.9. The first kappa shape index (κ1) is 17.2. The zero-order valence-electron chi connectivity index (χ0n) is 13.7. The van der Waals surface area contributed by atoms with Crippen LogP contribution in [0.25, 0.3) is 10.6 Å². The fraction of sp³-hybridized carbons (Fsp3) is 0.176. The Balaban J connectivity index is 1.68. The Kier molecular flexibility index (Phi) is 5.20. The number of amides is 2. The van der Waals surface area contributed by atoms with Crippen LogP contribution in [0.15, 0.2) is 35.7 Å². The third-order valence-corrected chi connectivity index (χ3v) is 5.14.